The molecule has 0 amide bonds. The van der Waals surface area contributed by atoms with Crippen molar-refractivity contribution in [1.29, 1.82) is 0 Å². The van der Waals surface area contributed by atoms with E-state index in [1.807, 2.05) is 0 Å². The second-order valence-electron chi connectivity index (χ2n) is 15.0. The van der Waals surface area contributed by atoms with Crippen LogP contribution in [0.3, 0.4) is 0 Å². The van der Waals surface area contributed by atoms with Gasteiger partial charge in [-0.3, -0.25) is 0 Å². The minimum Gasteiger partial charge on any atom is -0.310 e. The van der Waals surface area contributed by atoms with E-state index in [1.165, 1.54) is 72.3 Å². The van der Waals surface area contributed by atoms with E-state index in [1.54, 1.807) is 0 Å². The molecule has 0 aliphatic heterocycles. The van der Waals surface area contributed by atoms with Crippen molar-refractivity contribution in [3.8, 4) is 44.5 Å². The normalized spacial score (nSPS) is 14.1. The first-order valence-electron chi connectivity index (χ1n) is 19.8. The monoisotopic (exact) mass is 727 g/mol. The van der Waals surface area contributed by atoms with Gasteiger partial charge in [0.1, 0.15) is 0 Å². The van der Waals surface area contributed by atoms with E-state index in [9.17, 15) is 0 Å². The number of para-hydroxylation sites is 1. The van der Waals surface area contributed by atoms with Gasteiger partial charge in [0.2, 0.25) is 0 Å². The molecule has 1 unspecified atom stereocenters. The maximum Gasteiger partial charge on any atom is 0.0713 e. The van der Waals surface area contributed by atoms with Crippen LogP contribution in [0.1, 0.15) is 27.8 Å². The van der Waals surface area contributed by atoms with E-state index >= 15 is 0 Å². The van der Waals surface area contributed by atoms with Gasteiger partial charge in [0.15, 0.2) is 0 Å². The lowest BCUT2D eigenvalue weighted by Crippen LogP contribution is -2.28. The highest BCUT2D eigenvalue weighted by atomic mass is 15.1. The largest absolute Gasteiger partial charge is 0.310 e. The van der Waals surface area contributed by atoms with E-state index in [4.69, 9.17) is 0 Å². The van der Waals surface area contributed by atoms with Gasteiger partial charge in [0.25, 0.3) is 0 Å². The van der Waals surface area contributed by atoms with Crippen molar-refractivity contribution in [2.75, 3.05) is 4.90 Å². The second kappa shape index (κ2) is 14.5. The van der Waals surface area contributed by atoms with Crippen LogP contribution in [0, 0.1) is 6.92 Å². The molecule has 57 heavy (non-hydrogen) atoms. The summed E-state index contributed by atoms with van der Waals surface area (Å²) in [5.74, 6) is 0. The summed E-state index contributed by atoms with van der Waals surface area (Å²) >= 11 is 0. The Bertz CT molecular complexity index is 2810. The number of anilines is 3. The van der Waals surface area contributed by atoms with Crippen molar-refractivity contribution in [2.45, 2.75) is 12.3 Å². The van der Waals surface area contributed by atoms with Gasteiger partial charge >= 0.3 is 0 Å². The molecule has 1 heteroatoms. The Hall–Kier alpha value is -7.22. The Kier molecular flexibility index (Phi) is 8.69. The molecule has 0 N–H and O–H groups in total. The predicted molar refractivity (Wildman–Crippen MR) is 239 cm³/mol. The van der Waals surface area contributed by atoms with Crippen LogP contribution in [0.4, 0.5) is 17.1 Å². The molecular formula is C56H41N. The van der Waals surface area contributed by atoms with Crippen molar-refractivity contribution in [1.82, 2.24) is 0 Å². The smallest absolute Gasteiger partial charge is 0.0713 e. The van der Waals surface area contributed by atoms with Crippen LogP contribution in [0.15, 0.2) is 231 Å². The summed E-state index contributed by atoms with van der Waals surface area (Å²) in [5.41, 5.74) is 18.9. The van der Waals surface area contributed by atoms with Crippen LogP contribution < -0.4 is 4.90 Å². The molecule has 0 saturated heterocycles. The van der Waals surface area contributed by atoms with Crippen LogP contribution in [0.5, 0.6) is 0 Å². The van der Waals surface area contributed by atoms with Crippen LogP contribution in [-0.4, -0.2) is 0 Å². The molecule has 1 atom stereocenters. The first-order chi connectivity index (χ1) is 28.2. The first kappa shape index (κ1) is 34.3. The molecule has 1 nitrogen and oxygen atoms in total. The quantitative estimate of drug-likeness (QED) is 0.151. The maximum atomic E-state index is 2.43. The van der Waals surface area contributed by atoms with Crippen LogP contribution in [0.2, 0.25) is 0 Å². The van der Waals surface area contributed by atoms with Gasteiger partial charge in [0.05, 0.1) is 11.1 Å². The lowest BCUT2D eigenvalue weighted by Gasteiger charge is -2.34. The molecule has 0 saturated carbocycles. The third kappa shape index (κ3) is 5.96. The Morgan fingerprint density at radius 2 is 0.754 bits per heavy atom. The summed E-state index contributed by atoms with van der Waals surface area (Å²) in [6, 6.07) is 84.4. The second-order valence-corrected chi connectivity index (χ2v) is 15.0. The molecular weight excluding hydrogens is 687 g/mol. The SMILES string of the molecule is Cc1ccc(C2(c3ccc(-c4ccccc4)cc3)c3ccccc3-c3cc(N(c4ccc(-c5ccccc5)cc4)c4ccccc4-c4ccccc4)ccc32)cc1. The molecule has 1 aliphatic rings. The summed E-state index contributed by atoms with van der Waals surface area (Å²) in [6.07, 6.45) is 0. The molecule has 0 aromatic heterocycles. The first-order valence-corrected chi connectivity index (χ1v) is 19.8. The zero-order valence-corrected chi connectivity index (χ0v) is 31.9. The molecule has 9 aromatic rings. The minimum absolute atomic E-state index is 0.502. The fourth-order valence-corrected chi connectivity index (χ4v) is 8.94. The third-order valence-corrected chi connectivity index (χ3v) is 11.7. The summed E-state index contributed by atoms with van der Waals surface area (Å²) in [5, 5.41) is 0. The lowest BCUT2D eigenvalue weighted by atomic mass is 9.67. The number of rotatable bonds is 8. The van der Waals surface area contributed by atoms with Gasteiger partial charge in [-0.05, 0) is 98.5 Å². The van der Waals surface area contributed by atoms with E-state index < -0.39 is 5.41 Å². The van der Waals surface area contributed by atoms with Crippen LogP contribution >= 0.6 is 0 Å². The van der Waals surface area contributed by atoms with Crippen molar-refractivity contribution >= 4 is 17.1 Å². The molecule has 10 rings (SSSR count). The Morgan fingerprint density at radius 3 is 1.37 bits per heavy atom. The summed E-state index contributed by atoms with van der Waals surface area (Å²) in [6.45, 7) is 2.17. The predicted octanol–water partition coefficient (Wildman–Crippen LogP) is 14.8. The maximum absolute atomic E-state index is 2.43. The number of hydrogen-bond acceptors (Lipinski definition) is 1. The van der Waals surface area contributed by atoms with Gasteiger partial charge in [-0.1, -0.05) is 206 Å². The number of aryl methyl sites for hydroxylation is 1. The molecule has 0 bridgehead atoms. The fraction of sp³-hybridized carbons (Fsp3) is 0.0357. The topological polar surface area (TPSA) is 3.24 Å². The van der Waals surface area contributed by atoms with Gasteiger partial charge in [-0.15, -0.1) is 0 Å². The zero-order chi connectivity index (χ0) is 38.2. The van der Waals surface area contributed by atoms with Crippen molar-refractivity contribution in [2.24, 2.45) is 0 Å². The highest BCUT2D eigenvalue weighted by molar-refractivity contribution is 5.93. The molecule has 270 valence electrons. The number of hydrogen-bond donors (Lipinski definition) is 0. The molecule has 0 fully saturated rings. The number of nitrogens with zero attached hydrogens (tertiary/aromatic N) is 1. The third-order valence-electron chi connectivity index (χ3n) is 11.7. The van der Waals surface area contributed by atoms with Crippen molar-refractivity contribution in [3.05, 3.63) is 258 Å². The Labute approximate surface area is 335 Å². The van der Waals surface area contributed by atoms with Gasteiger partial charge < -0.3 is 4.90 Å². The average Bonchev–Trinajstić information content (AvgIpc) is 3.58. The minimum atomic E-state index is -0.502. The van der Waals surface area contributed by atoms with Gasteiger partial charge in [-0.2, -0.15) is 0 Å². The fourth-order valence-electron chi connectivity index (χ4n) is 8.94. The van der Waals surface area contributed by atoms with Crippen LogP contribution in [-0.2, 0) is 5.41 Å². The van der Waals surface area contributed by atoms with E-state index in [0.717, 1.165) is 17.1 Å². The highest BCUT2D eigenvalue weighted by Gasteiger charge is 2.46. The average molecular weight is 728 g/mol. The van der Waals surface area contributed by atoms with Gasteiger partial charge in [-0.25, -0.2) is 0 Å². The van der Waals surface area contributed by atoms with Crippen molar-refractivity contribution < 1.29 is 0 Å². The summed E-state index contributed by atoms with van der Waals surface area (Å²) in [7, 11) is 0. The Morgan fingerprint density at radius 1 is 0.316 bits per heavy atom. The zero-order valence-electron chi connectivity index (χ0n) is 31.9. The molecule has 0 heterocycles. The highest BCUT2D eigenvalue weighted by Crippen LogP contribution is 2.57. The molecule has 1 aliphatic carbocycles. The lowest BCUT2D eigenvalue weighted by molar-refractivity contribution is 0.768. The van der Waals surface area contributed by atoms with Gasteiger partial charge in [0, 0.05) is 16.9 Å². The van der Waals surface area contributed by atoms with E-state index in [0.29, 0.717) is 0 Å². The van der Waals surface area contributed by atoms with Crippen LogP contribution in [0.25, 0.3) is 44.5 Å². The summed E-state index contributed by atoms with van der Waals surface area (Å²) in [4.78, 5) is 2.43. The summed E-state index contributed by atoms with van der Waals surface area (Å²) < 4.78 is 0. The van der Waals surface area contributed by atoms with E-state index in [-0.39, 0.29) is 0 Å². The molecule has 0 radical (unpaired) electrons. The molecule has 0 spiro atoms. The van der Waals surface area contributed by atoms with E-state index in [2.05, 4.69) is 242 Å². The standard InChI is InChI=1S/C56H41N/c1-40-25-31-46(32-26-40)56(47-33-27-43(28-34-47)41-15-5-2-6-16-41)53-23-13-11-22-51(53)52-39-49(37-38-54(52)56)57(48-35-29-44(30-36-48)42-17-7-3-8-18-42)55-24-14-12-21-50(55)45-19-9-4-10-20-45/h2-39H,1H3. The molecule has 9 aromatic carbocycles. The number of benzene rings is 9. The number of fused-ring (bicyclic) bond motifs is 3. The Balaban J connectivity index is 1.19. The van der Waals surface area contributed by atoms with Crippen molar-refractivity contribution in [3.63, 3.8) is 0 Å².